The second kappa shape index (κ2) is 5.71. The summed E-state index contributed by atoms with van der Waals surface area (Å²) < 4.78 is 1.00. The molecule has 0 fully saturated rings. The van der Waals surface area contributed by atoms with Crippen molar-refractivity contribution < 1.29 is 4.79 Å². The van der Waals surface area contributed by atoms with Crippen LogP contribution < -0.4 is 0 Å². The zero-order chi connectivity index (χ0) is 12.3. The van der Waals surface area contributed by atoms with E-state index in [4.69, 9.17) is 11.6 Å². The van der Waals surface area contributed by atoms with Gasteiger partial charge >= 0.3 is 0 Å². The lowest BCUT2D eigenvalue weighted by atomic mass is 10.2. The summed E-state index contributed by atoms with van der Waals surface area (Å²) in [6.07, 6.45) is 0.826. The molecule has 0 atom stereocenters. The van der Waals surface area contributed by atoms with E-state index in [1.165, 1.54) is 11.8 Å². The number of rotatable bonds is 3. The smallest absolute Gasteiger partial charge is 0.151 e. The molecule has 0 aliphatic rings. The zero-order valence-corrected chi connectivity index (χ0v) is 11.8. The van der Waals surface area contributed by atoms with Gasteiger partial charge in [-0.3, -0.25) is 4.79 Å². The SMILES string of the molecule is O=Cc1cccc(Cl)c1Sc1cccc(Br)c1. The fourth-order valence-corrected chi connectivity index (χ4v) is 3.19. The maximum atomic E-state index is 11.0. The summed E-state index contributed by atoms with van der Waals surface area (Å²) in [6, 6.07) is 13.2. The molecule has 2 rings (SSSR count). The predicted octanol–water partition coefficient (Wildman–Crippen LogP) is 5.07. The van der Waals surface area contributed by atoms with E-state index in [1.807, 2.05) is 24.3 Å². The van der Waals surface area contributed by atoms with Crippen molar-refractivity contribution in [1.82, 2.24) is 0 Å². The highest BCUT2D eigenvalue weighted by molar-refractivity contribution is 9.10. The average molecular weight is 328 g/mol. The van der Waals surface area contributed by atoms with Crippen LogP contribution in [-0.2, 0) is 0 Å². The molecule has 0 bridgehead atoms. The van der Waals surface area contributed by atoms with Crippen LogP contribution in [-0.4, -0.2) is 6.29 Å². The van der Waals surface area contributed by atoms with Crippen LogP contribution in [0.3, 0.4) is 0 Å². The second-order valence-electron chi connectivity index (χ2n) is 3.34. The number of benzene rings is 2. The molecule has 4 heteroatoms. The molecule has 0 heterocycles. The minimum absolute atomic E-state index is 0.597. The van der Waals surface area contributed by atoms with Crippen molar-refractivity contribution in [2.24, 2.45) is 0 Å². The fraction of sp³-hybridized carbons (Fsp3) is 0. The van der Waals surface area contributed by atoms with Crippen molar-refractivity contribution in [2.75, 3.05) is 0 Å². The summed E-state index contributed by atoms with van der Waals surface area (Å²) in [7, 11) is 0. The third kappa shape index (κ3) is 3.12. The van der Waals surface area contributed by atoms with E-state index in [-0.39, 0.29) is 0 Å². The summed E-state index contributed by atoms with van der Waals surface area (Å²) in [5.74, 6) is 0. The van der Waals surface area contributed by atoms with Gasteiger partial charge in [0.2, 0.25) is 0 Å². The Kier molecular flexibility index (Phi) is 4.26. The zero-order valence-electron chi connectivity index (χ0n) is 8.69. The number of hydrogen-bond donors (Lipinski definition) is 0. The molecule has 0 aliphatic heterocycles. The van der Waals surface area contributed by atoms with Crippen LogP contribution in [0.4, 0.5) is 0 Å². The minimum atomic E-state index is 0.597. The number of hydrogen-bond acceptors (Lipinski definition) is 2. The van der Waals surface area contributed by atoms with Crippen molar-refractivity contribution in [3.63, 3.8) is 0 Å². The maximum Gasteiger partial charge on any atom is 0.151 e. The first-order valence-electron chi connectivity index (χ1n) is 4.88. The van der Waals surface area contributed by atoms with E-state index < -0.39 is 0 Å². The van der Waals surface area contributed by atoms with E-state index in [0.29, 0.717) is 10.6 Å². The van der Waals surface area contributed by atoms with Crippen molar-refractivity contribution in [1.29, 1.82) is 0 Å². The predicted molar refractivity (Wildman–Crippen MR) is 75.1 cm³/mol. The fourth-order valence-electron chi connectivity index (χ4n) is 1.37. The summed E-state index contributed by atoms with van der Waals surface area (Å²) in [4.78, 5) is 12.8. The molecule has 0 unspecified atom stereocenters. The van der Waals surface area contributed by atoms with Gasteiger partial charge in [-0.25, -0.2) is 0 Å². The molecule has 0 amide bonds. The highest BCUT2D eigenvalue weighted by atomic mass is 79.9. The normalized spacial score (nSPS) is 10.2. The van der Waals surface area contributed by atoms with Crippen LogP contribution in [0.5, 0.6) is 0 Å². The van der Waals surface area contributed by atoms with Gasteiger partial charge in [0.05, 0.1) is 5.02 Å². The number of halogens is 2. The molecule has 0 saturated carbocycles. The quantitative estimate of drug-likeness (QED) is 0.732. The standard InChI is InChI=1S/C13H8BrClOS/c14-10-4-2-5-11(7-10)17-13-9(8-16)3-1-6-12(13)15/h1-8H. The van der Waals surface area contributed by atoms with Crippen LogP contribution in [0.15, 0.2) is 56.7 Å². The van der Waals surface area contributed by atoms with Crippen LogP contribution in [0, 0.1) is 0 Å². The lowest BCUT2D eigenvalue weighted by Crippen LogP contribution is -1.86. The number of aldehydes is 1. The first kappa shape index (κ1) is 12.7. The Hall–Kier alpha value is -0.770. The minimum Gasteiger partial charge on any atom is -0.298 e. The molecule has 86 valence electrons. The molecule has 0 radical (unpaired) electrons. The first-order chi connectivity index (χ1) is 8.20. The molecule has 2 aromatic carbocycles. The van der Waals surface area contributed by atoms with Crippen molar-refractivity contribution in [2.45, 2.75) is 9.79 Å². The van der Waals surface area contributed by atoms with Crippen LogP contribution in [0.25, 0.3) is 0 Å². The molecule has 0 aromatic heterocycles. The maximum absolute atomic E-state index is 11.0. The van der Waals surface area contributed by atoms with E-state index in [9.17, 15) is 4.79 Å². The molecule has 0 N–H and O–H groups in total. The van der Waals surface area contributed by atoms with E-state index >= 15 is 0 Å². The van der Waals surface area contributed by atoms with Gasteiger partial charge < -0.3 is 0 Å². The van der Waals surface area contributed by atoms with Gasteiger partial charge in [-0.1, -0.05) is 57.5 Å². The second-order valence-corrected chi connectivity index (χ2v) is 5.74. The van der Waals surface area contributed by atoms with Crippen molar-refractivity contribution in [3.8, 4) is 0 Å². The van der Waals surface area contributed by atoms with E-state index in [1.54, 1.807) is 18.2 Å². The van der Waals surface area contributed by atoms with Gasteiger partial charge in [-0.05, 0) is 24.3 Å². The van der Waals surface area contributed by atoms with E-state index in [2.05, 4.69) is 15.9 Å². The Labute approximate surface area is 117 Å². The molecular weight excluding hydrogens is 320 g/mol. The van der Waals surface area contributed by atoms with Gasteiger partial charge in [0.25, 0.3) is 0 Å². The monoisotopic (exact) mass is 326 g/mol. The Balaban J connectivity index is 2.39. The molecule has 0 saturated heterocycles. The number of carbonyl (C=O) groups excluding carboxylic acids is 1. The average Bonchev–Trinajstić information content (AvgIpc) is 2.32. The summed E-state index contributed by atoms with van der Waals surface area (Å²) in [6.45, 7) is 0. The third-order valence-corrected chi connectivity index (χ3v) is 4.21. The van der Waals surface area contributed by atoms with Gasteiger partial charge in [-0.15, -0.1) is 0 Å². The largest absolute Gasteiger partial charge is 0.298 e. The van der Waals surface area contributed by atoms with Crippen LogP contribution >= 0.6 is 39.3 Å². The Morgan fingerprint density at radius 2 is 1.94 bits per heavy atom. The van der Waals surface area contributed by atoms with Crippen LogP contribution in [0.2, 0.25) is 5.02 Å². The van der Waals surface area contributed by atoms with Crippen LogP contribution in [0.1, 0.15) is 10.4 Å². The highest BCUT2D eigenvalue weighted by Gasteiger charge is 2.08. The van der Waals surface area contributed by atoms with Crippen molar-refractivity contribution in [3.05, 3.63) is 57.5 Å². The summed E-state index contributed by atoms with van der Waals surface area (Å²) in [5, 5.41) is 0.597. The van der Waals surface area contributed by atoms with Gasteiger partial charge in [0.1, 0.15) is 0 Å². The number of carbonyl (C=O) groups is 1. The first-order valence-corrected chi connectivity index (χ1v) is 6.86. The van der Waals surface area contributed by atoms with Gasteiger partial charge in [0, 0.05) is 19.8 Å². The van der Waals surface area contributed by atoms with E-state index in [0.717, 1.165) is 20.5 Å². The Morgan fingerprint density at radius 3 is 2.65 bits per heavy atom. The molecule has 0 aliphatic carbocycles. The molecule has 1 nitrogen and oxygen atoms in total. The molecular formula is C13H8BrClOS. The van der Waals surface area contributed by atoms with Crippen molar-refractivity contribution >= 4 is 45.6 Å². The molecule has 0 spiro atoms. The molecule has 17 heavy (non-hydrogen) atoms. The summed E-state index contributed by atoms with van der Waals surface area (Å²) in [5.41, 5.74) is 0.613. The van der Waals surface area contributed by atoms with Gasteiger partial charge in [-0.2, -0.15) is 0 Å². The lowest BCUT2D eigenvalue weighted by Gasteiger charge is -2.07. The highest BCUT2D eigenvalue weighted by Crippen LogP contribution is 2.36. The lowest BCUT2D eigenvalue weighted by molar-refractivity contribution is 0.112. The third-order valence-electron chi connectivity index (χ3n) is 2.14. The summed E-state index contributed by atoms with van der Waals surface area (Å²) >= 11 is 11.0. The Morgan fingerprint density at radius 1 is 1.18 bits per heavy atom. The Bertz CT molecular complexity index is 557. The molecule has 2 aromatic rings. The topological polar surface area (TPSA) is 17.1 Å². The van der Waals surface area contributed by atoms with Gasteiger partial charge in [0.15, 0.2) is 6.29 Å².